The molecule has 0 spiro atoms. The molecule has 0 aliphatic heterocycles. The highest BCUT2D eigenvalue weighted by Gasteiger charge is 2.27. The van der Waals surface area contributed by atoms with Gasteiger partial charge < -0.3 is 10.2 Å². The molecule has 2 aromatic carbocycles. The second-order valence-electron chi connectivity index (χ2n) is 7.24. The quantitative estimate of drug-likeness (QED) is 0.368. The predicted molar refractivity (Wildman–Crippen MR) is 126 cm³/mol. The Kier molecular flexibility index (Phi) is 10.2. The van der Waals surface area contributed by atoms with E-state index < -0.39 is 6.04 Å². The molecule has 0 heterocycles. The second-order valence-corrected chi connectivity index (χ2v) is 8.84. The summed E-state index contributed by atoms with van der Waals surface area (Å²) in [5.41, 5.74) is 2.19. The molecule has 30 heavy (non-hydrogen) atoms. The predicted octanol–water partition coefficient (Wildman–Crippen LogP) is 5.46. The molecule has 0 saturated heterocycles. The van der Waals surface area contributed by atoms with Gasteiger partial charge in [-0.05, 0) is 62.3 Å². The van der Waals surface area contributed by atoms with Crippen LogP contribution in [0, 0.1) is 6.92 Å². The molecule has 0 bridgehead atoms. The topological polar surface area (TPSA) is 49.4 Å². The third kappa shape index (κ3) is 7.69. The van der Waals surface area contributed by atoms with E-state index in [1.165, 1.54) is 0 Å². The Morgan fingerprint density at radius 3 is 2.50 bits per heavy atom. The van der Waals surface area contributed by atoms with E-state index in [9.17, 15) is 9.59 Å². The monoisotopic (exact) mass is 446 g/mol. The van der Waals surface area contributed by atoms with Crippen LogP contribution in [0.2, 0.25) is 5.02 Å². The summed E-state index contributed by atoms with van der Waals surface area (Å²) in [5, 5.41) is 3.59. The van der Waals surface area contributed by atoms with Crippen molar-refractivity contribution in [1.82, 2.24) is 10.2 Å². The van der Waals surface area contributed by atoms with Gasteiger partial charge in [-0.15, -0.1) is 11.8 Å². The maximum Gasteiger partial charge on any atom is 0.242 e. The lowest BCUT2D eigenvalue weighted by Crippen LogP contribution is -2.49. The summed E-state index contributed by atoms with van der Waals surface area (Å²) >= 11 is 7.63. The fourth-order valence-corrected chi connectivity index (χ4v) is 4.29. The van der Waals surface area contributed by atoms with Crippen molar-refractivity contribution in [1.29, 1.82) is 0 Å². The lowest BCUT2D eigenvalue weighted by molar-refractivity contribution is -0.141. The number of rotatable bonds is 11. The van der Waals surface area contributed by atoms with Gasteiger partial charge in [-0.2, -0.15) is 0 Å². The molecule has 4 nitrogen and oxygen atoms in total. The minimum absolute atomic E-state index is 0.0197. The van der Waals surface area contributed by atoms with Crippen molar-refractivity contribution in [3.8, 4) is 0 Å². The number of carbonyl (C=O) groups is 2. The smallest absolute Gasteiger partial charge is 0.242 e. The first-order chi connectivity index (χ1) is 14.4. The maximum absolute atomic E-state index is 13.1. The molecule has 0 radical (unpaired) electrons. The highest BCUT2D eigenvalue weighted by atomic mass is 35.5. The van der Waals surface area contributed by atoms with Crippen LogP contribution >= 0.6 is 23.4 Å². The molecule has 0 fully saturated rings. The van der Waals surface area contributed by atoms with Crippen LogP contribution in [0.15, 0.2) is 53.4 Å². The van der Waals surface area contributed by atoms with Crippen LogP contribution in [-0.4, -0.2) is 35.1 Å². The number of nitrogens with one attached hydrogen (secondary N) is 1. The van der Waals surface area contributed by atoms with Gasteiger partial charge in [0, 0.05) is 29.4 Å². The highest BCUT2D eigenvalue weighted by Crippen LogP contribution is 2.22. The molecule has 2 amide bonds. The number of halogens is 1. The Morgan fingerprint density at radius 2 is 1.87 bits per heavy atom. The van der Waals surface area contributed by atoms with E-state index in [-0.39, 0.29) is 11.8 Å². The average molecular weight is 447 g/mol. The van der Waals surface area contributed by atoms with Gasteiger partial charge in [-0.1, -0.05) is 48.4 Å². The minimum Gasteiger partial charge on any atom is -0.355 e. The van der Waals surface area contributed by atoms with Gasteiger partial charge in [0.1, 0.15) is 6.04 Å². The van der Waals surface area contributed by atoms with Crippen LogP contribution in [0.1, 0.15) is 44.2 Å². The van der Waals surface area contributed by atoms with E-state index in [2.05, 4.69) is 11.4 Å². The summed E-state index contributed by atoms with van der Waals surface area (Å²) in [7, 11) is 0. The lowest BCUT2D eigenvalue weighted by Gasteiger charge is -2.30. The first kappa shape index (κ1) is 24.3. The van der Waals surface area contributed by atoms with Gasteiger partial charge in [-0.25, -0.2) is 0 Å². The third-order valence-corrected chi connectivity index (χ3v) is 6.14. The fourth-order valence-electron chi connectivity index (χ4n) is 3.31. The number of hydrogen-bond acceptors (Lipinski definition) is 3. The average Bonchev–Trinajstić information content (AvgIpc) is 2.72. The normalized spacial score (nSPS) is 11.7. The Labute approximate surface area is 189 Å². The highest BCUT2D eigenvalue weighted by molar-refractivity contribution is 7.99. The van der Waals surface area contributed by atoms with Crippen LogP contribution in [0.4, 0.5) is 0 Å². The second kappa shape index (κ2) is 12.7. The summed E-state index contributed by atoms with van der Waals surface area (Å²) in [6, 6.07) is 15.4. The lowest BCUT2D eigenvalue weighted by atomic mass is 10.1. The zero-order valence-corrected chi connectivity index (χ0v) is 19.6. The zero-order valence-electron chi connectivity index (χ0n) is 18.0. The number of amides is 2. The summed E-state index contributed by atoms with van der Waals surface area (Å²) in [4.78, 5) is 28.6. The summed E-state index contributed by atoms with van der Waals surface area (Å²) < 4.78 is 0. The molecule has 0 aromatic heterocycles. The van der Waals surface area contributed by atoms with Gasteiger partial charge in [-0.3, -0.25) is 9.59 Å². The molecular formula is C24H31ClN2O2S. The summed E-state index contributed by atoms with van der Waals surface area (Å²) in [6.45, 7) is 6.88. The van der Waals surface area contributed by atoms with E-state index in [0.717, 1.165) is 33.2 Å². The maximum atomic E-state index is 13.1. The van der Waals surface area contributed by atoms with Gasteiger partial charge >= 0.3 is 0 Å². The minimum atomic E-state index is -0.457. The van der Waals surface area contributed by atoms with Crippen molar-refractivity contribution in [3.63, 3.8) is 0 Å². The molecule has 1 N–H and O–H groups in total. The largest absolute Gasteiger partial charge is 0.355 e. The third-order valence-electron chi connectivity index (χ3n) is 4.79. The molecule has 162 valence electrons. The number of aryl methyl sites for hydroxylation is 1. The standard InChI is InChI=1S/C24H31ClN2O2S/c1-4-22(24(29)26-5-2)27(17-19-9-6-8-18(3)16-19)23(28)10-7-15-30-21-13-11-20(25)12-14-21/h6,8-9,11-14,16,22H,4-5,7,10,15,17H2,1-3H3,(H,26,29)/t22-/m1/s1. The van der Waals surface area contributed by atoms with E-state index >= 15 is 0 Å². The van der Waals surface area contributed by atoms with Crippen LogP contribution in [0.25, 0.3) is 0 Å². The van der Waals surface area contributed by atoms with Crippen LogP contribution < -0.4 is 5.32 Å². The van der Waals surface area contributed by atoms with E-state index in [0.29, 0.717) is 25.9 Å². The SMILES string of the molecule is CCNC(=O)[C@@H](CC)N(Cc1cccc(C)c1)C(=O)CCCSc1ccc(Cl)cc1. The van der Waals surface area contributed by atoms with Gasteiger partial charge in [0.05, 0.1) is 0 Å². The van der Waals surface area contributed by atoms with Crippen LogP contribution in [-0.2, 0) is 16.1 Å². The fraction of sp³-hybridized carbons (Fsp3) is 0.417. The Bertz CT molecular complexity index is 826. The first-order valence-electron chi connectivity index (χ1n) is 10.5. The molecular weight excluding hydrogens is 416 g/mol. The Balaban J connectivity index is 2.02. The number of likely N-dealkylation sites (N-methyl/N-ethyl adjacent to an activating group) is 1. The van der Waals surface area contributed by atoms with Crippen LogP contribution in [0.5, 0.6) is 0 Å². The van der Waals surface area contributed by atoms with Crippen molar-refractivity contribution in [2.24, 2.45) is 0 Å². The molecule has 0 saturated carbocycles. The van der Waals surface area contributed by atoms with E-state index in [1.807, 2.05) is 63.2 Å². The van der Waals surface area contributed by atoms with Gasteiger partial charge in [0.15, 0.2) is 0 Å². The van der Waals surface area contributed by atoms with E-state index in [1.54, 1.807) is 16.7 Å². The summed E-state index contributed by atoms with van der Waals surface area (Å²) in [6.07, 6.45) is 1.76. The molecule has 6 heteroatoms. The van der Waals surface area contributed by atoms with Crippen molar-refractivity contribution in [3.05, 3.63) is 64.7 Å². The zero-order chi connectivity index (χ0) is 21.9. The Hall–Kier alpha value is -1.98. The van der Waals surface area contributed by atoms with Crippen molar-refractivity contribution in [2.75, 3.05) is 12.3 Å². The first-order valence-corrected chi connectivity index (χ1v) is 11.8. The molecule has 0 aliphatic rings. The Morgan fingerprint density at radius 1 is 1.13 bits per heavy atom. The van der Waals surface area contributed by atoms with E-state index in [4.69, 9.17) is 11.6 Å². The molecule has 0 aliphatic carbocycles. The van der Waals surface area contributed by atoms with Crippen molar-refractivity contribution in [2.45, 2.75) is 57.5 Å². The van der Waals surface area contributed by atoms with Crippen molar-refractivity contribution >= 4 is 35.2 Å². The van der Waals surface area contributed by atoms with Gasteiger partial charge in [0.2, 0.25) is 11.8 Å². The summed E-state index contributed by atoms with van der Waals surface area (Å²) in [5.74, 6) is 0.770. The van der Waals surface area contributed by atoms with Gasteiger partial charge in [0.25, 0.3) is 0 Å². The molecule has 2 aromatic rings. The molecule has 2 rings (SSSR count). The molecule has 1 atom stereocenters. The van der Waals surface area contributed by atoms with Crippen LogP contribution in [0.3, 0.4) is 0 Å². The number of carbonyl (C=O) groups excluding carboxylic acids is 2. The number of thioether (sulfide) groups is 1. The molecule has 0 unspecified atom stereocenters. The number of benzene rings is 2. The number of hydrogen-bond donors (Lipinski definition) is 1. The number of nitrogens with zero attached hydrogens (tertiary/aromatic N) is 1. The van der Waals surface area contributed by atoms with Crippen molar-refractivity contribution < 1.29 is 9.59 Å².